The number of para-hydroxylation sites is 7. The molecule has 24 nitrogen and oxygen atoms in total. The third-order valence-electron chi connectivity index (χ3n) is 13.9. The zero-order chi connectivity index (χ0) is 84.5. The molecule has 3 unspecified atom stereocenters. The zero-order valence-corrected chi connectivity index (χ0v) is 69.4. The summed E-state index contributed by atoms with van der Waals surface area (Å²) in [6, 6.07) is 56.0. The van der Waals surface area contributed by atoms with E-state index in [4.69, 9.17) is 73.1 Å². The molecule has 4 aliphatic heterocycles. The second kappa shape index (κ2) is 81.0. The number of aryl methyl sites for hydroxylation is 5. The third-order valence-corrected chi connectivity index (χ3v) is 13.9. The number of carbonyl (C=O) groups excluding carboxylic acids is 9. The second-order valence-corrected chi connectivity index (χ2v) is 20.2. The average Bonchev–Trinajstić information content (AvgIpc) is 0.736. The summed E-state index contributed by atoms with van der Waals surface area (Å²) in [7, 11) is 3.10. The molecule has 13 rings (SSSR count). The SMILES string of the molecule is CC.CC.CC.CC.CC.CC.CC.CC(=O)c1ccccc1O.CCc1cc(=O)c2ccccc2o1.CN.CNC(=O)NCC1CCc2ccccc2O1.N.NC(=O)C1CCc2ccccc2O1.NCC1CCc2ccccc2O1.O=C=O.O=C=O.O=C=O.O=c1ccoc2ccccc12.[AlH3].[H-].[Li+].c1ccc2c(c1)CCCO2. The number of carbonyl (C=O) groups is 3. The van der Waals surface area contributed by atoms with Gasteiger partial charge in [-0.25, -0.2) is 4.79 Å². The maximum Gasteiger partial charge on any atom is 1.00 e. The Bertz CT molecular complexity index is 4040. The molecule has 3 atom stereocenters. The number of hydrogen-bond donors (Lipinski definition) is 7. The van der Waals surface area contributed by atoms with Gasteiger partial charge in [0.2, 0.25) is 0 Å². The Kier molecular flexibility index (Phi) is 84.8. The number of nitrogens with one attached hydrogen (secondary N) is 2. The zero-order valence-electron chi connectivity index (χ0n) is 70.4. The van der Waals surface area contributed by atoms with Gasteiger partial charge < -0.3 is 68.3 Å². The van der Waals surface area contributed by atoms with E-state index in [2.05, 4.69) is 40.6 Å². The van der Waals surface area contributed by atoms with Crippen molar-refractivity contribution >= 4 is 75.5 Å². The largest absolute Gasteiger partial charge is 1.00 e. The van der Waals surface area contributed by atoms with Gasteiger partial charge in [-0.05, 0) is 148 Å². The van der Waals surface area contributed by atoms with Crippen LogP contribution < -0.4 is 82.7 Å². The molecule has 6 heterocycles. The molecule has 113 heavy (non-hydrogen) atoms. The maximum absolute atomic E-state index is 11.5. The number of benzene rings is 7. The summed E-state index contributed by atoms with van der Waals surface area (Å²) >= 11 is 0. The van der Waals surface area contributed by atoms with Crippen LogP contribution in [0, 0.1) is 0 Å². The van der Waals surface area contributed by atoms with Crippen molar-refractivity contribution in [3.05, 3.63) is 242 Å². The molecular formula is C87H128AlLiN6O18. The molecule has 0 fully saturated rings. The van der Waals surface area contributed by atoms with Gasteiger partial charge in [0.05, 0.1) is 35.8 Å². The minimum atomic E-state index is -0.449. The average molecular weight is 1580 g/mol. The van der Waals surface area contributed by atoms with Gasteiger partial charge in [0.15, 0.2) is 40.1 Å². The van der Waals surface area contributed by atoms with E-state index < -0.39 is 6.10 Å². The summed E-state index contributed by atoms with van der Waals surface area (Å²) in [6.07, 6.45) is 10.7. The normalized spacial score (nSPS) is 12.2. The van der Waals surface area contributed by atoms with Crippen molar-refractivity contribution in [2.75, 3.05) is 33.8 Å². The predicted octanol–water partition coefficient (Wildman–Crippen LogP) is 12.4. The molecule has 0 aliphatic carbocycles. The van der Waals surface area contributed by atoms with Gasteiger partial charge in [-0.3, -0.25) is 19.2 Å². The fourth-order valence-corrected chi connectivity index (χ4v) is 9.32. The molecule has 0 saturated heterocycles. The van der Waals surface area contributed by atoms with E-state index in [1.807, 2.05) is 207 Å². The Morgan fingerprint density at radius 1 is 0.522 bits per heavy atom. The van der Waals surface area contributed by atoms with Gasteiger partial charge >= 0.3 is 43.3 Å². The molecular weight excluding hydrogens is 1450 g/mol. The Balaban J connectivity index is -0.000000153. The summed E-state index contributed by atoms with van der Waals surface area (Å²) < 4.78 is 32.9. The number of urea groups is 1. The number of aromatic hydroxyl groups is 1. The summed E-state index contributed by atoms with van der Waals surface area (Å²) in [6.45, 7) is 33.4. The number of Topliss-reactive ketones (excluding diaryl/α,β-unsaturated/α-hetero) is 1. The van der Waals surface area contributed by atoms with Crippen LogP contribution >= 0.6 is 0 Å². The number of hydrogen-bond acceptors (Lipinski definition) is 21. The van der Waals surface area contributed by atoms with Gasteiger partial charge in [0.25, 0.3) is 5.91 Å². The first-order valence-corrected chi connectivity index (χ1v) is 37.3. The standard InChI is InChI=1S/C12H16N2O2.C11H10O2.C10H11NO2.C10H13NO.C9H6O2.C9H10O.C8H8O2.7C2H6.CH5N.3CO2.Al.Li.H3N.4H/c1-13-12(15)14-8-10-7-6-9-4-2-3-5-11(9)16-10;1-2-8-7-10(12)9-5-3-4-6-11(9)13-8;11-10(12)9-6-5-7-3-1-2-4-8(7)13-9;11-7-9-6-5-8-3-1-2-4-10(8)12-9;10-8-5-6-11-9-4-2-1-3-7(8)9;1-2-6-9-8(4-1)5-3-7-10-9;1-6(9)7-4-2-3-5-8(7)10;8*1-2;3*2-1-3;;;;;;;/h2-5,10H,6-8H2,1H3,(H2,13,14,15);3-7H,2H2,1H3;1-4,9H,5-6H2,(H2,11,12);1-4,9H,5-7,11H2;1-6H;1-2,4,6H,3,5,7H2;2-5,10H,1H3;7*1-2H3;2H2,1H3;;;;;;1H3;;;;/q;;;;;;;;;;;;;;;;;;;+1;;;;;-1. The van der Waals surface area contributed by atoms with Crippen LogP contribution in [-0.4, -0.2) is 111 Å². The van der Waals surface area contributed by atoms with Crippen molar-refractivity contribution in [2.45, 2.75) is 187 Å². The second-order valence-electron chi connectivity index (χ2n) is 20.2. The molecule has 7 aromatic carbocycles. The summed E-state index contributed by atoms with van der Waals surface area (Å²) in [5.41, 5.74) is 22.0. The first-order valence-electron chi connectivity index (χ1n) is 37.3. The van der Waals surface area contributed by atoms with E-state index in [9.17, 15) is 24.0 Å². The van der Waals surface area contributed by atoms with Crippen molar-refractivity contribution in [2.24, 2.45) is 17.2 Å². The molecule has 618 valence electrons. The van der Waals surface area contributed by atoms with E-state index in [0.29, 0.717) is 47.0 Å². The summed E-state index contributed by atoms with van der Waals surface area (Å²) in [5.74, 6) is 4.12. The van der Waals surface area contributed by atoms with Crippen LogP contribution in [0.2, 0.25) is 0 Å². The summed E-state index contributed by atoms with van der Waals surface area (Å²) in [5, 5.41) is 15.6. The minimum absolute atomic E-state index is 0. The van der Waals surface area contributed by atoms with Gasteiger partial charge in [0.1, 0.15) is 57.9 Å². The van der Waals surface area contributed by atoms with E-state index in [0.717, 1.165) is 85.9 Å². The quantitative estimate of drug-likeness (QED) is 0.0600. The molecule has 26 heteroatoms. The number of rotatable bonds is 6. The van der Waals surface area contributed by atoms with Crippen LogP contribution in [-0.2, 0) is 65.7 Å². The van der Waals surface area contributed by atoms with Gasteiger partial charge in [0, 0.05) is 32.1 Å². The minimum Gasteiger partial charge on any atom is -1.00 e. The first-order chi connectivity index (χ1) is 53.6. The van der Waals surface area contributed by atoms with Crippen LogP contribution in [0.4, 0.5) is 4.79 Å². The molecule has 0 saturated carbocycles. The molecule has 9 aromatic rings. The Hall–Kier alpha value is -10.5. The van der Waals surface area contributed by atoms with Gasteiger partial charge in [-0.15, -0.1) is 0 Å². The molecule has 0 radical (unpaired) electrons. The van der Waals surface area contributed by atoms with Crippen molar-refractivity contribution in [1.29, 1.82) is 0 Å². The molecule has 0 spiro atoms. The van der Waals surface area contributed by atoms with Crippen LogP contribution in [0.25, 0.3) is 21.9 Å². The van der Waals surface area contributed by atoms with E-state index in [1.54, 1.807) is 49.5 Å². The smallest absolute Gasteiger partial charge is 1.00 e. The van der Waals surface area contributed by atoms with E-state index >= 15 is 0 Å². The van der Waals surface area contributed by atoms with Crippen molar-refractivity contribution in [1.82, 2.24) is 16.8 Å². The van der Waals surface area contributed by atoms with Crippen molar-refractivity contribution < 1.29 is 96.3 Å². The molecule has 12 N–H and O–H groups in total. The number of ketones is 1. The Morgan fingerprint density at radius 2 is 0.903 bits per heavy atom. The number of nitrogens with two attached hydrogens (primary N) is 3. The monoisotopic (exact) mass is 1580 g/mol. The molecule has 4 aliphatic rings. The molecule has 0 bridgehead atoms. The van der Waals surface area contributed by atoms with E-state index in [-0.39, 0.29) is 109 Å². The van der Waals surface area contributed by atoms with Gasteiger partial charge in [-0.1, -0.05) is 213 Å². The van der Waals surface area contributed by atoms with Crippen LogP contribution in [0.5, 0.6) is 28.7 Å². The van der Waals surface area contributed by atoms with Gasteiger partial charge in [-0.2, -0.15) is 28.8 Å². The maximum atomic E-state index is 11.5. The summed E-state index contributed by atoms with van der Waals surface area (Å²) in [4.78, 5) is 104. The Labute approximate surface area is 693 Å². The third kappa shape index (κ3) is 50.2. The topological polar surface area (TPSA) is 408 Å². The van der Waals surface area contributed by atoms with Crippen molar-refractivity contribution in [3.8, 4) is 28.7 Å². The number of primary amides is 1. The fraction of sp³-hybridized carbons (Fsp3) is 0.379. The van der Waals surface area contributed by atoms with Crippen LogP contribution in [0.15, 0.2) is 207 Å². The number of amides is 3. The number of fused-ring (bicyclic) bond motifs is 6. The number of ether oxygens (including phenoxy) is 4. The predicted molar refractivity (Wildman–Crippen MR) is 452 cm³/mol. The molecule has 2 aromatic heterocycles. The fourth-order valence-electron chi connectivity index (χ4n) is 9.32. The Morgan fingerprint density at radius 3 is 1.32 bits per heavy atom. The van der Waals surface area contributed by atoms with E-state index in [1.165, 1.54) is 55.5 Å². The number of phenolic OH excluding ortho intramolecular Hbond substituents is 1. The van der Waals surface area contributed by atoms with Crippen LogP contribution in [0.3, 0.4) is 0 Å². The first kappa shape index (κ1) is 118. The van der Waals surface area contributed by atoms with Crippen molar-refractivity contribution in [3.63, 3.8) is 0 Å². The molecule has 3 amide bonds. The number of phenols is 1. The van der Waals surface area contributed by atoms with Crippen LogP contribution in [0.1, 0.15) is 176 Å².